The molecule has 0 spiro atoms. The smallest absolute Gasteiger partial charge is 0.141 e. The monoisotopic (exact) mass is 416 g/mol. The van der Waals surface area contributed by atoms with Crippen molar-refractivity contribution < 1.29 is 5.11 Å². The summed E-state index contributed by atoms with van der Waals surface area (Å²) in [6, 6.07) is 25.3. The van der Waals surface area contributed by atoms with E-state index >= 15 is 0 Å². The van der Waals surface area contributed by atoms with Crippen LogP contribution in [0.15, 0.2) is 87.8 Å². The molecule has 0 fully saturated rings. The van der Waals surface area contributed by atoms with Gasteiger partial charge in [0.15, 0.2) is 0 Å². The standard InChI is InChI=1S/C19H14Br2O/c20-17-13-7-12-16(18(17)21)19(22,14-8-3-1-4-9-14)15-10-5-2-6-11-15/h1-13,22H. The molecule has 0 aliphatic heterocycles. The van der Waals surface area contributed by atoms with Gasteiger partial charge in [0, 0.05) is 14.5 Å². The Balaban J connectivity index is 2.31. The van der Waals surface area contributed by atoms with E-state index in [0.717, 1.165) is 25.6 Å². The number of benzene rings is 3. The van der Waals surface area contributed by atoms with Gasteiger partial charge in [0.2, 0.25) is 0 Å². The zero-order valence-electron chi connectivity index (χ0n) is 11.7. The minimum atomic E-state index is -1.22. The van der Waals surface area contributed by atoms with Crippen LogP contribution in [-0.4, -0.2) is 5.11 Å². The molecule has 3 aromatic rings. The predicted molar refractivity (Wildman–Crippen MR) is 96.8 cm³/mol. The summed E-state index contributed by atoms with van der Waals surface area (Å²) in [7, 11) is 0. The Hall–Kier alpha value is -1.42. The first-order valence-electron chi connectivity index (χ1n) is 6.92. The second-order valence-electron chi connectivity index (χ2n) is 5.04. The molecule has 1 nitrogen and oxygen atoms in total. The van der Waals surface area contributed by atoms with Gasteiger partial charge in [0.25, 0.3) is 0 Å². The lowest BCUT2D eigenvalue weighted by Gasteiger charge is -2.31. The second-order valence-corrected chi connectivity index (χ2v) is 6.69. The first kappa shape index (κ1) is 15.5. The lowest BCUT2D eigenvalue weighted by Crippen LogP contribution is -2.29. The van der Waals surface area contributed by atoms with Crippen LogP contribution in [0.1, 0.15) is 16.7 Å². The summed E-state index contributed by atoms with van der Waals surface area (Å²) in [4.78, 5) is 0. The van der Waals surface area contributed by atoms with Gasteiger partial charge in [-0.1, -0.05) is 72.8 Å². The predicted octanol–water partition coefficient (Wildman–Crippen LogP) is 5.50. The summed E-state index contributed by atoms with van der Waals surface area (Å²) in [6.45, 7) is 0. The Bertz CT molecular complexity index is 730. The van der Waals surface area contributed by atoms with E-state index in [1.807, 2.05) is 78.9 Å². The molecular formula is C19H14Br2O. The molecule has 0 saturated carbocycles. The molecule has 0 amide bonds. The molecule has 0 aliphatic carbocycles. The largest absolute Gasteiger partial charge is 0.376 e. The van der Waals surface area contributed by atoms with Crippen molar-refractivity contribution in [2.24, 2.45) is 0 Å². The van der Waals surface area contributed by atoms with Gasteiger partial charge in [-0.2, -0.15) is 0 Å². The Morgan fingerprint density at radius 2 is 1.14 bits per heavy atom. The summed E-state index contributed by atoms with van der Waals surface area (Å²) in [5.74, 6) is 0. The molecule has 3 aromatic carbocycles. The minimum absolute atomic E-state index is 0.805. The number of rotatable bonds is 3. The second kappa shape index (κ2) is 6.37. The van der Waals surface area contributed by atoms with Gasteiger partial charge in [-0.3, -0.25) is 0 Å². The lowest BCUT2D eigenvalue weighted by molar-refractivity contribution is 0.125. The van der Waals surface area contributed by atoms with Crippen molar-refractivity contribution in [3.05, 3.63) is 104 Å². The molecule has 110 valence electrons. The fraction of sp³-hybridized carbons (Fsp3) is 0.0526. The fourth-order valence-electron chi connectivity index (χ4n) is 2.62. The third-order valence-corrected chi connectivity index (χ3v) is 5.77. The molecule has 0 saturated heterocycles. The summed E-state index contributed by atoms with van der Waals surface area (Å²) >= 11 is 7.13. The average molecular weight is 418 g/mol. The maximum atomic E-state index is 11.7. The molecule has 3 rings (SSSR count). The first-order valence-corrected chi connectivity index (χ1v) is 8.50. The van der Waals surface area contributed by atoms with Crippen LogP contribution in [0.3, 0.4) is 0 Å². The third-order valence-electron chi connectivity index (χ3n) is 3.72. The maximum Gasteiger partial charge on any atom is 0.141 e. The lowest BCUT2D eigenvalue weighted by atomic mass is 9.80. The van der Waals surface area contributed by atoms with Crippen LogP contribution in [-0.2, 0) is 5.60 Å². The van der Waals surface area contributed by atoms with Crippen LogP contribution < -0.4 is 0 Å². The third kappa shape index (κ3) is 2.65. The highest BCUT2D eigenvalue weighted by atomic mass is 79.9. The van der Waals surface area contributed by atoms with Crippen molar-refractivity contribution in [3.8, 4) is 0 Å². The normalized spacial score (nSPS) is 11.4. The maximum absolute atomic E-state index is 11.7. The SMILES string of the molecule is OC(c1ccccc1)(c1ccccc1)c1cccc(Br)c1Br. The van der Waals surface area contributed by atoms with E-state index in [-0.39, 0.29) is 0 Å². The molecule has 0 aliphatic rings. The van der Waals surface area contributed by atoms with E-state index in [0.29, 0.717) is 0 Å². The molecule has 3 heteroatoms. The Kier molecular flexibility index (Phi) is 4.48. The summed E-state index contributed by atoms with van der Waals surface area (Å²) in [6.07, 6.45) is 0. The van der Waals surface area contributed by atoms with Crippen molar-refractivity contribution in [1.29, 1.82) is 0 Å². The molecule has 0 atom stereocenters. The Morgan fingerprint density at radius 1 is 0.636 bits per heavy atom. The molecule has 1 N–H and O–H groups in total. The zero-order chi connectivity index (χ0) is 15.6. The van der Waals surface area contributed by atoms with Crippen LogP contribution in [0, 0.1) is 0 Å². The van der Waals surface area contributed by atoms with E-state index in [4.69, 9.17) is 0 Å². The zero-order valence-corrected chi connectivity index (χ0v) is 14.9. The summed E-state index contributed by atoms with van der Waals surface area (Å²) in [5.41, 5.74) is 1.25. The van der Waals surface area contributed by atoms with Crippen LogP contribution in [0.25, 0.3) is 0 Å². The average Bonchev–Trinajstić information content (AvgIpc) is 2.58. The van der Waals surface area contributed by atoms with Crippen molar-refractivity contribution in [2.45, 2.75) is 5.60 Å². The van der Waals surface area contributed by atoms with Gasteiger partial charge in [-0.25, -0.2) is 0 Å². The number of halogens is 2. The van der Waals surface area contributed by atoms with E-state index in [9.17, 15) is 5.11 Å². The van der Waals surface area contributed by atoms with Crippen LogP contribution in [0.4, 0.5) is 0 Å². The van der Waals surface area contributed by atoms with Gasteiger partial charge < -0.3 is 5.11 Å². The topological polar surface area (TPSA) is 20.2 Å². The highest BCUT2D eigenvalue weighted by Crippen LogP contribution is 2.42. The highest BCUT2D eigenvalue weighted by molar-refractivity contribution is 9.13. The van der Waals surface area contributed by atoms with Gasteiger partial charge in [0.05, 0.1) is 0 Å². The Labute approximate surface area is 146 Å². The van der Waals surface area contributed by atoms with E-state index in [2.05, 4.69) is 31.9 Å². The molecular weight excluding hydrogens is 404 g/mol. The van der Waals surface area contributed by atoms with Crippen molar-refractivity contribution in [2.75, 3.05) is 0 Å². The first-order chi connectivity index (χ1) is 10.6. The summed E-state index contributed by atoms with van der Waals surface area (Å²) in [5, 5.41) is 11.7. The van der Waals surface area contributed by atoms with E-state index in [1.54, 1.807) is 0 Å². The summed E-state index contributed by atoms with van der Waals surface area (Å²) < 4.78 is 1.76. The van der Waals surface area contributed by atoms with Gasteiger partial charge in [-0.05, 0) is 49.1 Å². The highest BCUT2D eigenvalue weighted by Gasteiger charge is 2.35. The van der Waals surface area contributed by atoms with Gasteiger partial charge >= 0.3 is 0 Å². The van der Waals surface area contributed by atoms with Crippen molar-refractivity contribution in [3.63, 3.8) is 0 Å². The van der Waals surface area contributed by atoms with Crippen LogP contribution in [0.2, 0.25) is 0 Å². The van der Waals surface area contributed by atoms with E-state index in [1.165, 1.54) is 0 Å². The minimum Gasteiger partial charge on any atom is -0.376 e. The Morgan fingerprint density at radius 3 is 1.64 bits per heavy atom. The number of aliphatic hydroxyl groups is 1. The molecule has 0 heterocycles. The molecule has 0 aromatic heterocycles. The van der Waals surface area contributed by atoms with Crippen LogP contribution in [0.5, 0.6) is 0 Å². The van der Waals surface area contributed by atoms with Crippen molar-refractivity contribution in [1.82, 2.24) is 0 Å². The van der Waals surface area contributed by atoms with Crippen LogP contribution >= 0.6 is 31.9 Å². The van der Waals surface area contributed by atoms with Gasteiger partial charge in [-0.15, -0.1) is 0 Å². The van der Waals surface area contributed by atoms with Gasteiger partial charge in [0.1, 0.15) is 5.60 Å². The number of hydrogen-bond acceptors (Lipinski definition) is 1. The van der Waals surface area contributed by atoms with E-state index < -0.39 is 5.60 Å². The molecule has 0 unspecified atom stereocenters. The number of hydrogen-bond donors (Lipinski definition) is 1. The quantitative estimate of drug-likeness (QED) is 0.558. The molecule has 0 bridgehead atoms. The van der Waals surface area contributed by atoms with Crippen molar-refractivity contribution >= 4 is 31.9 Å². The molecule has 0 radical (unpaired) electrons. The fourth-order valence-corrected chi connectivity index (χ4v) is 3.54. The molecule has 22 heavy (non-hydrogen) atoms.